The van der Waals surface area contributed by atoms with Gasteiger partial charge in [-0.25, -0.2) is 13.2 Å². The van der Waals surface area contributed by atoms with Crippen LogP contribution >= 0.6 is 0 Å². The minimum absolute atomic E-state index is 0.172. The van der Waals surface area contributed by atoms with Crippen molar-refractivity contribution in [2.75, 3.05) is 19.7 Å². The lowest BCUT2D eigenvalue weighted by molar-refractivity contribution is -0.153. The van der Waals surface area contributed by atoms with E-state index >= 15 is 0 Å². The van der Waals surface area contributed by atoms with E-state index < -0.39 is 15.6 Å². The average Bonchev–Trinajstić information content (AvgIpc) is 3.17. The number of ether oxygens (including phenoxy) is 1. The Bertz CT molecular complexity index is 920. The van der Waals surface area contributed by atoms with E-state index in [9.17, 15) is 18.0 Å². The fourth-order valence-electron chi connectivity index (χ4n) is 5.03. The van der Waals surface area contributed by atoms with E-state index in [2.05, 4.69) is 5.32 Å². The zero-order valence-electron chi connectivity index (χ0n) is 19.0. The first-order chi connectivity index (χ1) is 14.6. The van der Waals surface area contributed by atoms with Gasteiger partial charge in [-0.15, -0.1) is 0 Å². The van der Waals surface area contributed by atoms with Gasteiger partial charge in [0.25, 0.3) is 0 Å². The lowest BCUT2D eigenvalue weighted by Gasteiger charge is -2.34. The highest BCUT2D eigenvalue weighted by molar-refractivity contribution is 7.89. The largest absolute Gasteiger partial charge is 0.464 e. The first-order valence-corrected chi connectivity index (χ1v) is 12.6. The number of carbonyl (C=O) groups is 2. The predicted molar refractivity (Wildman–Crippen MR) is 118 cm³/mol. The summed E-state index contributed by atoms with van der Waals surface area (Å²) in [5.74, 6) is -0.834. The summed E-state index contributed by atoms with van der Waals surface area (Å²) >= 11 is 0. The van der Waals surface area contributed by atoms with Crippen molar-refractivity contribution in [1.29, 1.82) is 0 Å². The number of piperidine rings is 1. The number of benzene rings is 1. The standard InChI is InChI=1S/C23H34N2O5S/c1-5-30-22(27)23(10-6-7-11-23)24-21(26)19-8-12-25(13-9-19)31(28,29)20-17(3)14-16(2)15-18(20)4/h14-15,19H,5-13H2,1-4H3,(H,24,26). The van der Waals surface area contributed by atoms with Crippen LogP contribution in [0.1, 0.15) is 62.1 Å². The van der Waals surface area contributed by atoms with Crippen LogP contribution in [0.4, 0.5) is 0 Å². The van der Waals surface area contributed by atoms with Crippen LogP contribution in [0.5, 0.6) is 0 Å². The van der Waals surface area contributed by atoms with E-state index in [0.717, 1.165) is 29.5 Å². The Labute approximate surface area is 185 Å². The summed E-state index contributed by atoms with van der Waals surface area (Å²) < 4.78 is 33.2. The number of esters is 1. The average molecular weight is 451 g/mol. The molecule has 0 radical (unpaired) electrons. The molecule has 1 heterocycles. The van der Waals surface area contributed by atoms with Gasteiger partial charge in [0, 0.05) is 19.0 Å². The van der Waals surface area contributed by atoms with Crippen LogP contribution in [-0.2, 0) is 24.3 Å². The fraction of sp³-hybridized carbons (Fsp3) is 0.652. The molecule has 1 aliphatic carbocycles. The smallest absolute Gasteiger partial charge is 0.331 e. The van der Waals surface area contributed by atoms with Crippen molar-refractivity contribution in [2.24, 2.45) is 5.92 Å². The van der Waals surface area contributed by atoms with Crippen molar-refractivity contribution in [1.82, 2.24) is 9.62 Å². The lowest BCUT2D eigenvalue weighted by Crippen LogP contribution is -2.56. The summed E-state index contributed by atoms with van der Waals surface area (Å²) in [5.41, 5.74) is 1.60. The summed E-state index contributed by atoms with van der Waals surface area (Å²) in [5, 5.41) is 2.97. The van der Waals surface area contributed by atoms with Crippen LogP contribution in [0.15, 0.2) is 17.0 Å². The molecule has 172 valence electrons. The highest BCUT2D eigenvalue weighted by atomic mass is 32.2. The second-order valence-corrected chi connectivity index (χ2v) is 10.8. The zero-order chi connectivity index (χ0) is 22.8. The zero-order valence-corrected chi connectivity index (χ0v) is 19.8. The molecule has 1 saturated heterocycles. The second kappa shape index (κ2) is 9.28. The Balaban J connectivity index is 1.68. The van der Waals surface area contributed by atoms with Crippen LogP contribution in [0, 0.1) is 26.7 Å². The molecular weight excluding hydrogens is 416 g/mol. The summed E-state index contributed by atoms with van der Waals surface area (Å²) in [4.78, 5) is 25.8. The van der Waals surface area contributed by atoms with Gasteiger partial charge in [0.15, 0.2) is 0 Å². The number of carbonyl (C=O) groups excluding carboxylic acids is 2. The van der Waals surface area contributed by atoms with Gasteiger partial charge in [-0.2, -0.15) is 4.31 Å². The third-order valence-corrected chi connectivity index (χ3v) is 8.72. The molecule has 1 amide bonds. The third kappa shape index (κ3) is 4.80. The number of nitrogens with zero attached hydrogens (tertiary/aromatic N) is 1. The number of nitrogens with one attached hydrogen (secondary N) is 1. The Morgan fingerprint density at radius 1 is 1.10 bits per heavy atom. The summed E-state index contributed by atoms with van der Waals surface area (Å²) in [6, 6.07) is 3.77. The predicted octanol–water partition coefficient (Wildman–Crippen LogP) is 3.00. The first kappa shape index (κ1) is 23.7. The van der Waals surface area contributed by atoms with E-state index in [1.54, 1.807) is 6.92 Å². The molecule has 0 atom stereocenters. The number of hydrogen-bond donors (Lipinski definition) is 1. The molecule has 1 aliphatic heterocycles. The molecule has 1 saturated carbocycles. The SMILES string of the molecule is CCOC(=O)C1(NC(=O)C2CCN(S(=O)(=O)c3c(C)cc(C)cc3C)CC2)CCCC1. The number of rotatable bonds is 6. The molecule has 0 unspecified atom stereocenters. The van der Waals surface area contributed by atoms with Crippen molar-refractivity contribution in [3.8, 4) is 0 Å². The molecule has 1 N–H and O–H groups in total. The highest BCUT2D eigenvalue weighted by Gasteiger charge is 2.45. The van der Waals surface area contributed by atoms with Crippen LogP contribution in [0.2, 0.25) is 0 Å². The molecule has 1 aromatic rings. The van der Waals surface area contributed by atoms with Crippen LogP contribution in [0.25, 0.3) is 0 Å². The van der Waals surface area contributed by atoms with E-state index in [-0.39, 0.29) is 24.4 Å². The number of hydrogen-bond acceptors (Lipinski definition) is 5. The minimum Gasteiger partial charge on any atom is -0.464 e. The first-order valence-electron chi connectivity index (χ1n) is 11.2. The van der Waals surface area contributed by atoms with E-state index in [0.29, 0.717) is 43.7 Å². The second-order valence-electron chi connectivity index (χ2n) is 8.91. The molecule has 0 spiro atoms. The molecule has 7 nitrogen and oxygen atoms in total. The van der Waals surface area contributed by atoms with Crippen molar-refractivity contribution in [3.05, 3.63) is 28.8 Å². The van der Waals surface area contributed by atoms with Crippen LogP contribution in [-0.4, -0.2) is 49.8 Å². The normalized spacial score (nSPS) is 19.9. The molecule has 2 aliphatic rings. The summed E-state index contributed by atoms with van der Waals surface area (Å²) in [7, 11) is -3.62. The third-order valence-electron chi connectivity index (χ3n) is 6.51. The Morgan fingerprint density at radius 3 is 2.16 bits per heavy atom. The Kier molecular flexibility index (Phi) is 7.11. The van der Waals surface area contributed by atoms with Crippen molar-refractivity contribution >= 4 is 21.9 Å². The molecule has 31 heavy (non-hydrogen) atoms. The Morgan fingerprint density at radius 2 is 1.65 bits per heavy atom. The maximum atomic E-state index is 13.3. The summed E-state index contributed by atoms with van der Waals surface area (Å²) in [6.45, 7) is 8.22. The molecule has 8 heteroatoms. The number of sulfonamides is 1. The van der Waals surface area contributed by atoms with Crippen LogP contribution in [0.3, 0.4) is 0 Å². The van der Waals surface area contributed by atoms with E-state index in [1.165, 1.54) is 4.31 Å². The number of aryl methyl sites for hydroxylation is 3. The van der Waals surface area contributed by atoms with Gasteiger partial charge in [0.2, 0.25) is 15.9 Å². The quantitative estimate of drug-likeness (QED) is 0.673. The minimum atomic E-state index is -3.62. The molecule has 2 fully saturated rings. The van der Waals surface area contributed by atoms with Crippen molar-refractivity contribution < 1.29 is 22.7 Å². The van der Waals surface area contributed by atoms with Gasteiger partial charge in [0.05, 0.1) is 11.5 Å². The maximum absolute atomic E-state index is 13.3. The molecule has 0 bridgehead atoms. The van der Waals surface area contributed by atoms with Crippen molar-refractivity contribution in [3.63, 3.8) is 0 Å². The highest BCUT2D eigenvalue weighted by Crippen LogP contribution is 2.33. The lowest BCUT2D eigenvalue weighted by atomic mass is 9.92. The van der Waals surface area contributed by atoms with Gasteiger partial charge in [-0.1, -0.05) is 30.5 Å². The van der Waals surface area contributed by atoms with E-state index in [4.69, 9.17) is 4.74 Å². The van der Waals surface area contributed by atoms with Crippen LogP contribution < -0.4 is 5.32 Å². The van der Waals surface area contributed by atoms with Gasteiger partial charge in [0.1, 0.15) is 5.54 Å². The fourth-order valence-corrected chi connectivity index (χ4v) is 6.91. The monoisotopic (exact) mass is 450 g/mol. The molecule has 1 aromatic carbocycles. The van der Waals surface area contributed by atoms with Crippen molar-refractivity contribution in [2.45, 2.75) is 76.7 Å². The van der Waals surface area contributed by atoms with Gasteiger partial charge >= 0.3 is 5.97 Å². The molecule has 3 rings (SSSR count). The number of amides is 1. The van der Waals surface area contributed by atoms with Gasteiger partial charge in [-0.3, -0.25) is 4.79 Å². The summed E-state index contributed by atoms with van der Waals surface area (Å²) in [6.07, 6.45) is 3.82. The van der Waals surface area contributed by atoms with Gasteiger partial charge in [-0.05, 0) is 64.5 Å². The van der Waals surface area contributed by atoms with E-state index in [1.807, 2.05) is 32.9 Å². The molecule has 0 aromatic heterocycles. The topological polar surface area (TPSA) is 92.8 Å². The molecular formula is C23H34N2O5S. The Hall–Kier alpha value is -1.93. The van der Waals surface area contributed by atoms with Gasteiger partial charge < -0.3 is 10.1 Å². The maximum Gasteiger partial charge on any atom is 0.331 e.